The average Bonchev–Trinajstić information content (AvgIpc) is 2.52. The van der Waals surface area contributed by atoms with Crippen LogP contribution < -0.4 is 5.73 Å². The largest absolute Gasteiger partial charge is 0.369 e. The first-order valence-corrected chi connectivity index (χ1v) is 8.58. The minimum Gasteiger partial charge on any atom is -0.369 e. The van der Waals surface area contributed by atoms with E-state index in [1.807, 2.05) is 6.07 Å². The van der Waals surface area contributed by atoms with E-state index in [1.165, 1.54) is 6.92 Å². The normalized spacial score (nSPS) is 20.3. The van der Waals surface area contributed by atoms with Gasteiger partial charge in [-0.2, -0.15) is 5.26 Å². The number of ketones is 1. The van der Waals surface area contributed by atoms with Crippen molar-refractivity contribution in [3.63, 3.8) is 0 Å². The first kappa shape index (κ1) is 18.2. The number of carbonyl (C=O) groups is 2. The number of hydrogen-bond acceptors (Lipinski definition) is 5. The molecule has 0 aromatic heterocycles. The zero-order chi connectivity index (χ0) is 17.9. The Morgan fingerprint density at radius 2 is 2.08 bits per heavy atom. The molecule has 0 radical (unpaired) electrons. The Morgan fingerprint density at radius 1 is 1.42 bits per heavy atom. The third-order valence-electron chi connectivity index (χ3n) is 3.75. The quantitative estimate of drug-likeness (QED) is 0.871. The first-order chi connectivity index (χ1) is 11.4. The number of aliphatic imine (C=N–C) groups is 1. The van der Waals surface area contributed by atoms with Gasteiger partial charge in [0.05, 0.1) is 23.3 Å². The minimum atomic E-state index is -0.558. The predicted octanol–water partition coefficient (Wildman–Crippen LogP) is 3.06. The van der Waals surface area contributed by atoms with Gasteiger partial charge in [-0.25, -0.2) is 4.99 Å². The molecule has 1 aliphatic heterocycles. The van der Waals surface area contributed by atoms with Crippen LogP contribution in [0.4, 0.5) is 0 Å². The maximum atomic E-state index is 12.2. The van der Waals surface area contributed by atoms with Crippen LogP contribution in [-0.4, -0.2) is 23.2 Å². The second-order valence-electron chi connectivity index (χ2n) is 5.43. The lowest BCUT2D eigenvalue weighted by molar-refractivity contribution is -0.119. The highest BCUT2D eigenvalue weighted by atomic mass is 35.5. The number of hydrogen-bond donors (Lipinski definition) is 1. The summed E-state index contributed by atoms with van der Waals surface area (Å²) in [6.07, 6.45) is 0. The van der Waals surface area contributed by atoms with Crippen LogP contribution in [0.3, 0.4) is 0 Å². The van der Waals surface area contributed by atoms with Crippen molar-refractivity contribution in [2.75, 3.05) is 5.75 Å². The van der Waals surface area contributed by atoms with Gasteiger partial charge in [0, 0.05) is 16.7 Å². The van der Waals surface area contributed by atoms with E-state index in [0.717, 1.165) is 11.8 Å². The van der Waals surface area contributed by atoms with Gasteiger partial charge in [0.1, 0.15) is 10.8 Å². The second kappa shape index (κ2) is 7.65. The summed E-state index contributed by atoms with van der Waals surface area (Å²) >= 11 is 7.41. The molecule has 1 aromatic carbocycles. The number of allylic oxidation sites excluding steroid dienone is 1. The van der Waals surface area contributed by atoms with Crippen molar-refractivity contribution in [2.45, 2.75) is 19.8 Å². The van der Waals surface area contributed by atoms with Crippen LogP contribution in [-0.2, 0) is 9.59 Å². The molecule has 24 heavy (non-hydrogen) atoms. The number of nitrogens with two attached hydrogens (primary N) is 1. The Kier molecular flexibility index (Phi) is 5.81. The van der Waals surface area contributed by atoms with E-state index in [9.17, 15) is 14.9 Å². The van der Waals surface area contributed by atoms with Gasteiger partial charge >= 0.3 is 0 Å². The van der Waals surface area contributed by atoms with Crippen LogP contribution in [0, 0.1) is 17.2 Å². The summed E-state index contributed by atoms with van der Waals surface area (Å²) in [7, 11) is 0. The molecule has 2 rings (SSSR count). The minimum absolute atomic E-state index is 0.0112. The maximum absolute atomic E-state index is 12.2. The van der Waals surface area contributed by atoms with Crippen molar-refractivity contribution in [1.29, 1.82) is 5.26 Å². The van der Waals surface area contributed by atoms with E-state index < -0.39 is 17.7 Å². The molecule has 1 amide bonds. The summed E-state index contributed by atoms with van der Waals surface area (Å²) in [4.78, 5) is 27.7. The number of nitriles is 1. The fourth-order valence-electron chi connectivity index (χ4n) is 2.79. The number of benzene rings is 1. The summed E-state index contributed by atoms with van der Waals surface area (Å²) in [5.41, 5.74) is 6.81. The zero-order valence-corrected chi connectivity index (χ0v) is 14.8. The van der Waals surface area contributed by atoms with Crippen molar-refractivity contribution in [3.8, 4) is 6.07 Å². The van der Waals surface area contributed by atoms with Gasteiger partial charge in [0.25, 0.3) is 0 Å². The highest BCUT2D eigenvalue weighted by Gasteiger charge is 2.38. The number of rotatable bonds is 5. The number of primary amides is 1. The highest BCUT2D eigenvalue weighted by molar-refractivity contribution is 8.03. The van der Waals surface area contributed by atoms with Crippen LogP contribution in [0.5, 0.6) is 0 Å². The summed E-state index contributed by atoms with van der Waals surface area (Å²) in [5, 5.41) is 10.6. The molecule has 2 atom stereocenters. The molecule has 0 fully saturated rings. The number of nitrogens with zero attached hydrogens (tertiary/aromatic N) is 2. The molecule has 0 spiro atoms. The molecular formula is C17H16ClN3O2S. The van der Waals surface area contributed by atoms with Gasteiger partial charge < -0.3 is 5.73 Å². The smallest absolute Gasteiger partial charge is 0.227 e. The maximum Gasteiger partial charge on any atom is 0.227 e. The third kappa shape index (κ3) is 3.69. The van der Waals surface area contributed by atoms with E-state index >= 15 is 0 Å². The SMILES string of the molecule is CC(=O)C1C(C)=NC(SCC(N)=O)=C(C#N)[C@@H]1c1ccccc1Cl. The second-order valence-corrected chi connectivity index (χ2v) is 6.80. The van der Waals surface area contributed by atoms with Crippen molar-refractivity contribution in [1.82, 2.24) is 0 Å². The summed E-state index contributed by atoms with van der Waals surface area (Å²) in [6.45, 7) is 3.22. The number of halogens is 1. The Bertz CT molecular complexity index is 795. The van der Waals surface area contributed by atoms with Gasteiger partial charge in [-0.15, -0.1) is 0 Å². The van der Waals surface area contributed by atoms with Crippen LogP contribution in [0.1, 0.15) is 25.3 Å². The standard InChI is InChI=1S/C17H16ClN3O2S/c1-9-15(10(2)22)16(11-5-3-4-6-13(11)18)12(7-19)17(21-9)24-8-14(20)23/h3-6,15-16H,8H2,1-2H3,(H2,20,23)/t15?,16-/m0/s1. The molecule has 1 aromatic rings. The zero-order valence-electron chi connectivity index (χ0n) is 13.2. The lowest BCUT2D eigenvalue weighted by atomic mass is 9.75. The topological polar surface area (TPSA) is 96.3 Å². The van der Waals surface area contributed by atoms with Crippen LogP contribution in [0.2, 0.25) is 5.02 Å². The summed E-state index contributed by atoms with van der Waals surface area (Å²) in [6, 6.07) is 9.27. The molecule has 5 nitrogen and oxygen atoms in total. The van der Waals surface area contributed by atoms with Gasteiger partial charge in [-0.1, -0.05) is 41.6 Å². The van der Waals surface area contributed by atoms with Crippen molar-refractivity contribution >= 4 is 40.8 Å². The molecule has 0 saturated carbocycles. The number of carbonyl (C=O) groups excluding carboxylic acids is 2. The molecule has 0 bridgehead atoms. The predicted molar refractivity (Wildman–Crippen MR) is 95.8 cm³/mol. The van der Waals surface area contributed by atoms with Crippen LogP contribution in [0.15, 0.2) is 39.9 Å². The number of thioether (sulfide) groups is 1. The fourth-order valence-corrected chi connectivity index (χ4v) is 3.86. The van der Waals surface area contributed by atoms with Crippen molar-refractivity contribution < 1.29 is 9.59 Å². The lowest BCUT2D eigenvalue weighted by Gasteiger charge is -2.30. The molecule has 124 valence electrons. The molecule has 7 heteroatoms. The monoisotopic (exact) mass is 361 g/mol. The Hall–Kier alpha value is -2.10. The molecule has 1 aliphatic rings. The Balaban J connectivity index is 2.62. The molecule has 0 saturated heterocycles. The number of Topliss-reactive ketones (excluding diaryl/α,β-unsaturated/α-hetero) is 1. The van der Waals surface area contributed by atoms with E-state index in [4.69, 9.17) is 17.3 Å². The third-order valence-corrected chi connectivity index (χ3v) is 5.11. The molecular weight excluding hydrogens is 346 g/mol. The molecule has 0 aliphatic carbocycles. The fraction of sp³-hybridized carbons (Fsp3) is 0.294. The number of amides is 1. The highest BCUT2D eigenvalue weighted by Crippen LogP contribution is 2.43. The van der Waals surface area contributed by atoms with E-state index in [2.05, 4.69) is 11.1 Å². The van der Waals surface area contributed by atoms with E-state index in [0.29, 0.717) is 26.9 Å². The summed E-state index contributed by atoms with van der Waals surface area (Å²) in [5.74, 6) is -1.66. The van der Waals surface area contributed by atoms with E-state index in [1.54, 1.807) is 25.1 Å². The molecule has 1 heterocycles. The van der Waals surface area contributed by atoms with Gasteiger partial charge in [-0.3, -0.25) is 9.59 Å². The van der Waals surface area contributed by atoms with Gasteiger partial charge in [0.15, 0.2) is 0 Å². The Morgan fingerprint density at radius 3 is 2.62 bits per heavy atom. The van der Waals surface area contributed by atoms with Crippen molar-refractivity contribution in [2.24, 2.45) is 16.6 Å². The lowest BCUT2D eigenvalue weighted by Crippen LogP contribution is -2.31. The Labute approximate surface area is 149 Å². The van der Waals surface area contributed by atoms with Gasteiger partial charge in [-0.05, 0) is 25.5 Å². The molecule has 2 N–H and O–H groups in total. The van der Waals surface area contributed by atoms with Crippen LogP contribution >= 0.6 is 23.4 Å². The summed E-state index contributed by atoms with van der Waals surface area (Å²) < 4.78 is 0. The average molecular weight is 362 g/mol. The van der Waals surface area contributed by atoms with Crippen molar-refractivity contribution in [3.05, 3.63) is 45.5 Å². The van der Waals surface area contributed by atoms with Crippen LogP contribution in [0.25, 0.3) is 0 Å². The molecule has 1 unspecified atom stereocenters. The van der Waals surface area contributed by atoms with E-state index in [-0.39, 0.29) is 11.5 Å². The van der Waals surface area contributed by atoms with Gasteiger partial charge in [0.2, 0.25) is 5.91 Å². The first-order valence-electron chi connectivity index (χ1n) is 7.22.